The maximum absolute atomic E-state index is 14.0. The van der Waals surface area contributed by atoms with Gasteiger partial charge in [0, 0.05) is 32.6 Å². The maximum Gasteiger partial charge on any atom is 0.247 e. The van der Waals surface area contributed by atoms with Gasteiger partial charge in [0.05, 0.1) is 4.90 Å². The third kappa shape index (κ3) is 8.01. The normalized spacial score (nSPS) is 14.2. The standard InChI is InChI=1S/C36H39N3O4S/c40-34(23-20-30-18-21-33(22-19-30)44(42,43)38-26-10-11-27-38)39(28-31-14-6-2-7-15-31)35(32-16-8-3-9-17-32)36(41)37-25-24-29-12-4-1-5-13-29/h1-9,12-19,21-22,35H,10-11,20,23-28H2,(H,37,41). The van der Waals surface area contributed by atoms with Crippen molar-refractivity contribution < 1.29 is 18.0 Å². The van der Waals surface area contributed by atoms with E-state index in [4.69, 9.17) is 0 Å². The molecule has 228 valence electrons. The van der Waals surface area contributed by atoms with E-state index < -0.39 is 16.1 Å². The summed E-state index contributed by atoms with van der Waals surface area (Å²) in [5, 5.41) is 3.07. The molecule has 2 amide bonds. The Labute approximate surface area is 260 Å². The first kappa shape index (κ1) is 31.2. The largest absolute Gasteiger partial charge is 0.354 e. The van der Waals surface area contributed by atoms with Gasteiger partial charge in [-0.3, -0.25) is 9.59 Å². The number of sulfonamides is 1. The van der Waals surface area contributed by atoms with Gasteiger partial charge in [0.15, 0.2) is 0 Å². The zero-order valence-electron chi connectivity index (χ0n) is 24.8. The van der Waals surface area contributed by atoms with E-state index in [1.807, 2.05) is 91.0 Å². The summed E-state index contributed by atoms with van der Waals surface area (Å²) >= 11 is 0. The molecule has 0 spiro atoms. The second kappa shape index (κ2) is 14.9. The van der Waals surface area contributed by atoms with Crippen LogP contribution in [0.2, 0.25) is 0 Å². The van der Waals surface area contributed by atoms with E-state index in [0.29, 0.717) is 32.5 Å². The molecule has 1 unspecified atom stereocenters. The van der Waals surface area contributed by atoms with Gasteiger partial charge in [0.1, 0.15) is 6.04 Å². The van der Waals surface area contributed by atoms with Crippen molar-refractivity contribution >= 4 is 21.8 Å². The van der Waals surface area contributed by atoms with Crippen LogP contribution in [0.15, 0.2) is 120 Å². The summed E-state index contributed by atoms with van der Waals surface area (Å²) < 4.78 is 27.4. The molecule has 0 aliphatic carbocycles. The van der Waals surface area contributed by atoms with Crippen LogP contribution in [0.3, 0.4) is 0 Å². The van der Waals surface area contributed by atoms with Crippen LogP contribution in [0.4, 0.5) is 0 Å². The number of nitrogens with zero attached hydrogens (tertiary/aromatic N) is 2. The third-order valence-electron chi connectivity index (χ3n) is 8.00. The molecule has 1 atom stereocenters. The Balaban J connectivity index is 1.33. The van der Waals surface area contributed by atoms with Crippen molar-refractivity contribution in [1.29, 1.82) is 0 Å². The number of carbonyl (C=O) groups excluding carboxylic acids is 2. The third-order valence-corrected chi connectivity index (χ3v) is 9.91. The molecule has 1 saturated heterocycles. The van der Waals surface area contributed by atoms with Gasteiger partial charge < -0.3 is 10.2 Å². The highest BCUT2D eigenvalue weighted by atomic mass is 32.2. The summed E-state index contributed by atoms with van der Waals surface area (Å²) in [6.45, 7) is 1.83. The Morgan fingerprint density at radius 1 is 0.705 bits per heavy atom. The quantitative estimate of drug-likeness (QED) is 0.216. The molecule has 1 heterocycles. The van der Waals surface area contributed by atoms with Crippen molar-refractivity contribution in [3.05, 3.63) is 138 Å². The number of amides is 2. The van der Waals surface area contributed by atoms with Gasteiger partial charge in [0.2, 0.25) is 21.8 Å². The number of aryl methyl sites for hydroxylation is 1. The van der Waals surface area contributed by atoms with Crippen molar-refractivity contribution in [2.75, 3.05) is 19.6 Å². The average molecular weight is 610 g/mol. The average Bonchev–Trinajstić information content (AvgIpc) is 3.62. The van der Waals surface area contributed by atoms with Gasteiger partial charge in [-0.05, 0) is 60.1 Å². The van der Waals surface area contributed by atoms with Crippen LogP contribution < -0.4 is 5.32 Å². The van der Waals surface area contributed by atoms with Crippen molar-refractivity contribution in [3.63, 3.8) is 0 Å². The fraction of sp³-hybridized carbons (Fsp3) is 0.278. The summed E-state index contributed by atoms with van der Waals surface area (Å²) in [5.74, 6) is -0.387. The molecule has 0 saturated carbocycles. The number of benzene rings is 4. The van der Waals surface area contributed by atoms with Crippen molar-refractivity contribution in [1.82, 2.24) is 14.5 Å². The summed E-state index contributed by atoms with van der Waals surface area (Å²) in [6, 6.07) is 35.1. The van der Waals surface area contributed by atoms with Gasteiger partial charge in [-0.25, -0.2) is 8.42 Å². The molecule has 8 heteroatoms. The van der Waals surface area contributed by atoms with E-state index in [2.05, 4.69) is 5.32 Å². The molecule has 4 aromatic carbocycles. The summed E-state index contributed by atoms with van der Waals surface area (Å²) in [7, 11) is -3.50. The molecule has 0 bridgehead atoms. The lowest BCUT2D eigenvalue weighted by molar-refractivity contribution is -0.141. The highest BCUT2D eigenvalue weighted by molar-refractivity contribution is 7.89. The van der Waals surface area contributed by atoms with E-state index >= 15 is 0 Å². The van der Waals surface area contributed by atoms with E-state index in [9.17, 15) is 18.0 Å². The number of carbonyl (C=O) groups is 2. The van der Waals surface area contributed by atoms with Gasteiger partial charge in [-0.15, -0.1) is 0 Å². The number of rotatable bonds is 13. The second-order valence-corrected chi connectivity index (χ2v) is 13.0. The summed E-state index contributed by atoms with van der Waals surface area (Å²) in [6.07, 6.45) is 3.04. The van der Waals surface area contributed by atoms with E-state index in [1.54, 1.807) is 29.2 Å². The summed E-state index contributed by atoms with van der Waals surface area (Å²) in [4.78, 5) is 29.7. The molecule has 1 N–H and O–H groups in total. The van der Waals surface area contributed by atoms with Gasteiger partial charge in [-0.2, -0.15) is 4.31 Å². The molecule has 44 heavy (non-hydrogen) atoms. The molecular weight excluding hydrogens is 570 g/mol. The van der Waals surface area contributed by atoms with Crippen LogP contribution in [0, 0.1) is 0 Å². The fourth-order valence-corrected chi connectivity index (χ4v) is 7.10. The van der Waals surface area contributed by atoms with Gasteiger partial charge in [-0.1, -0.05) is 103 Å². The molecule has 0 radical (unpaired) electrons. The number of nitrogens with one attached hydrogen (secondary N) is 1. The minimum absolute atomic E-state index is 0.158. The molecule has 7 nitrogen and oxygen atoms in total. The molecular formula is C36H39N3O4S. The van der Waals surface area contributed by atoms with E-state index in [-0.39, 0.29) is 29.7 Å². The smallest absolute Gasteiger partial charge is 0.247 e. The highest BCUT2D eigenvalue weighted by Gasteiger charge is 2.31. The molecule has 1 fully saturated rings. The predicted octanol–water partition coefficient (Wildman–Crippen LogP) is 5.53. The lowest BCUT2D eigenvalue weighted by Crippen LogP contribution is -2.44. The van der Waals surface area contributed by atoms with Crippen LogP contribution in [-0.2, 0) is 39.0 Å². The van der Waals surface area contributed by atoms with Crippen molar-refractivity contribution in [2.45, 2.75) is 49.6 Å². The maximum atomic E-state index is 14.0. The monoisotopic (exact) mass is 609 g/mol. The second-order valence-electron chi connectivity index (χ2n) is 11.1. The SMILES string of the molecule is O=C(NCCc1ccccc1)C(c1ccccc1)N(Cc1ccccc1)C(=O)CCc1ccc(S(=O)(=O)N2CCCC2)cc1. The molecule has 4 aromatic rings. The Morgan fingerprint density at radius 2 is 1.25 bits per heavy atom. The Bertz CT molecular complexity index is 1610. The van der Waals surface area contributed by atoms with Gasteiger partial charge in [0.25, 0.3) is 0 Å². The Morgan fingerprint density at radius 3 is 1.86 bits per heavy atom. The minimum Gasteiger partial charge on any atom is -0.354 e. The van der Waals surface area contributed by atoms with Crippen LogP contribution in [0.5, 0.6) is 0 Å². The van der Waals surface area contributed by atoms with Crippen molar-refractivity contribution in [3.8, 4) is 0 Å². The molecule has 1 aliphatic heterocycles. The first-order chi connectivity index (χ1) is 21.4. The van der Waals surface area contributed by atoms with E-state index in [1.165, 1.54) is 4.31 Å². The first-order valence-corrected chi connectivity index (χ1v) is 16.6. The Hall–Kier alpha value is -4.27. The van der Waals surface area contributed by atoms with Crippen molar-refractivity contribution in [2.24, 2.45) is 0 Å². The Kier molecular flexibility index (Phi) is 10.6. The lowest BCUT2D eigenvalue weighted by atomic mass is 10.0. The topological polar surface area (TPSA) is 86.8 Å². The van der Waals surface area contributed by atoms with E-state index in [0.717, 1.165) is 35.1 Å². The predicted molar refractivity (Wildman–Crippen MR) is 172 cm³/mol. The molecule has 1 aliphatic rings. The lowest BCUT2D eigenvalue weighted by Gasteiger charge is -2.32. The van der Waals surface area contributed by atoms with Crippen LogP contribution in [-0.4, -0.2) is 49.1 Å². The zero-order valence-corrected chi connectivity index (χ0v) is 25.7. The number of hydrogen-bond acceptors (Lipinski definition) is 4. The number of hydrogen-bond donors (Lipinski definition) is 1. The summed E-state index contributed by atoms with van der Waals surface area (Å²) in [5.41, 5.74) is 3.66. The molecule has 5 rings (SSSR count). The van der Waals surface area contributed by atoms with Crippen LogP contribution in [0.1, 0.15) is 47.6 Å². The van der Waals surface area contributed by atoms with Crippen LogP contribution >= 0.6 is 0 Å². The first-order valence-electron chi connectivity index (χ1n) is 15.2. The van der Waals surface area contributed by atoms with Crippen LogP contribution in [0.25, 0.3) is 0 Å². The molecule has 0 aromatic heterocycles. The zero-order chi connectivity index (χ0) is 30.8. The highest BCUT2D eigenvalue weighted by Crippen LogP contribution is 2.26. The van der Waals surface area contributed by atoms with Gasteiger partial charge >= 0.3 is 0 Å². The fourth-order valence-electron chi connectivity index (χ4n) is 5.58. The minimum atomic E-state index is -3.50.